The average molecular weight is 307 g/mol. The van der Waals surface area contributed by atoms with Crippen LogP contribution >= 0.6 is 0 Å². The standard InChI is InChI=1S/C16H25N3O3/c1-11(2)15-14(17-10-22-15)16(20)19-8-12(3)13(9-19)18-4-6-21-7-5-18/h10-13H,4-9H2,1-3H3/t12-,13+/m0/s1. The van der Waals surface area contributed by atoms with Crippen LogP contribution < -0.4 is 0 Å². The molecule has 0 aromatic carbocycles. The second-order valence-electron chi connectivity index (χ2n) is 6.62. The van der Waals surface area contributed by atoms with E-state index in [2.05, 4.69) is 16.8 Å². The van der Waals surface area contributed by atoms with Gasteiger partial charge in [-0.1, -0.05) is 20.8 Å². The first-order valence-electron chi connectivity index (χ1n) is 8.12. The lowest BCUT2D eigenvalue weighted by molar-refractivity contribution is 0.0119. The number of carbonyl (C=O) groups excluding carboxylic acids is 1. The smallest absolute Gasteiger partial charge is 0.276 e. The highest BCUT2D eigenvalue weighted by Gasteiger charge is 2.38. The summed E-state index contributed by atoms with van der Waals surface area (Å²) in [6.07, 6.45) is 1.38. The molecule has 0 aliphatic carbocycles. The van der Waals surface area contributed by atoms with Gasteiger partial charge in [0.05, 0.1) is 13.2 Å². The van der Waals surface area contributed by atoms with E-state index in [1.165, 1.54) is 6.39 Å². The second kappa shape index (κ2) is 6.38. The van der Waals surface area contributed by atoms with Gasteiger partial charge in [0.1, 0.15) is 5.76 Å². The van der Waals surface area contributed by atoms with E-state index in [9.17, 15) is 4.79 Å². The van der Waals surface area contributed by atoms with Gasteiger partial charge in [0.2, 0.25) is 0 Å². The van der Waals surface area contributed by atoms with Gasteiger partial charge in [-0.05, 0) is 5.92 Å². The Kier molecular flexibility index (Phi) is 4.49. The quantitative estimate of drug-likeness (QED) is 0.849. The average Bonchev–Trinajstić information content (AvgIpc) is 3.14. The molecule has 3 rings (SSSR count). The molecule has 0 radical (unpaired) electrons. The highest BCUT2D eigenvalue weighted by Crippen LogP contribution is 2.26. The molecule has 0 unspecified atom stereocenters. The summed E-state index contributed by atoms with van der Waals surface area (Å²) >= 11 is 0. The normalized spacial score (nSPS) is 26.8. The summed E-state index contributed by atoms with van der Waals surface area (Å²) in [6.45, 7) is 11.3. The van der Waals surface area contributed by atoms with Crippen molar-refractivity contribution < 1.29 is 13.9 Å². The van der Waals surface area contributed by atoms with Crippen LogP contribution in [0.5, 0.6) is 0 Å². The third-order valence-electron chi connectivity index (χ3n) is 4.70. The van der Waals surface area contributed by atoms with Gasteiger partial charge in [-0.2, -0.15) is 0 Å². The number of oxazole rings is 1. The van der Waals surface area contributed by atoms with Crippen molar-refractivity contribution in [3.05, 3.63) is 17.8 Å². The van der Waals surface area contributed by atoms with Crippen molar-refractivity contribution in [3.63, 3.8) is 0 Å². The molecule has 6 heteroatoms. The summed E-state index contributed by atoms with van der Waals surface area (Å²) in [5.41, 5.74) is 0.477. The number of carbonyl (C=O) groups is 1. The van der Waals surface area contributed by atoms with Crippen LogP contribution in [0.2, 0.25) is 0 Å². The lowest BCUT2D eigenvalue weighted by Gasteiger charge is -2.33. The van der Waals surface area contributed by atoms with Crippen molar-refractivity contribution in [3.8, 4) is 0 Å². The highest BCUT2D eigenvalue weighted by molar-refractivity contribution is 5.93. The summed E-state index contributed by atoms with van der Waals surface area (Å²) in [4.78, 5) is 21.3. The minimum atomic E-state index is 0.0000550. The Morgan fingerprint density at radius 3 is 2.73 bits per heavy atom. The fourth-order valence-electron chi connectivity index (χ4n) is 3.48. The summed E-state index contributed by atoms with van der Waals surface area (Å²) < 4.78 is 10.8. The SMILES string of the molecule is CC(C)c1ocnc1C(=O)N1C[C@@H](N2CCOCC2)[C@@H](C)C1. The molecule has 122 valence electrons. The molecule has 6 nitrogen and oxygen atoms in total. The number of hydrogen-bond donors (Lipinski definition) is 0. The second-order valence-corrected chi connectivity index (χ2v) is 6.62. The molecule has 2 atom stereocenters. The minimum Gasteiger partial charge on any atom is -0.447 e. The van der Waals surface area contributed by atoms with Gasteiger partial charge in [0.15, 0.2) is 12.1 Å². The number of rotatable bonds is 3. The number of morpholine rings is 1. The van der Waals surface area contributed by atoms with Crippen LogP contribution in [0, 0.1) is 5.92 Å². The fraction of sp³-hybridized carbons (Fsp3) is 0.750. The maximum absolute atomic E-state index is 12.8. The molecule has 2 aliphatic rings. The predicted molar refractivity (Wildman–Crippen MR) is 81.8 cm³/mol. The molecule has 2 fully saturated rings. The van der Waals surface area contributed by atoms with Gasteiger partial charge in [-0.3, -0.25) is 9.69 Å². The number of amides is 1. The zero-order valence-corrected chi connectivity index (χ0v) is 13.6. The van der Waals surface area contributed by atoms with E-state index >= 15 is 0 Å². The maximum Gasteiger partial charge on any atom is 0.276 e. The van der Waals surface area contributed by atoms with Crippen LogP contribution in [0.25, 0.3) is 0 Å². The maximum atomic E-state index is 12.8. The van der Waals surface area contributed by atoms with Crippen LogP contribution in [0.3, 0.4) is 0 Å². The van der Waals surface area contributed by atoms with Crippen LogP contribution in [0.4, 0.5) is 0 Å². The molecular weight excluding hydrogens is 282 g/mol. The van der Waals surface area contributed by atoms with Crippen molar-refractivity contribution in [2.45, 2.75) is 32.7 Å². The zero-order chi connectivity index (χ0) is 15.7. The number of ether oxygens (including phenoxy) is 1. The topological polar surface area (TPSA) is 58.8 Å². The predicted octanol–water partition coefficient (Wildman–Crippen LogP) is 1.59. The molecule has 1 aromatic heterocycles. The van der Waals surface area contributed by atoms with Gasteiger partial charge < -0.3 is 14.1 Å². The Labute approximate surface area is 131 Å². The summed E-state index contributed by atoms with van der Waals surface area (Å²) in [5.74, 6) is 1.32. The molecule has 2 aliphatic heterocycles. The molecular formula is C16H25N3O3. The fourth-order valence-corrected chi connectivity index (χ4v) is 3.48. The molecule has 22 heavy (non-hydrogen) atoms. The molecule has 0 saturated carbocycles. The van der Waals surface area contributed by atoms with E-state index in [-0.39, 0.29) is 11.8 Å². The van der Waals surface area contributed by atoms with Crippen LogP contribution in [0.1, 0.15) is 42.9 Å². The first-order valence-corrected chi connectivity index (χ1v) is 8.12. The van der Waals surface area contributed by atoms with E-state index in [1.807, 2.05) is 18.7 Å². The third-order valence-corrected chi connectivity index (χ3v) is 4.70. The van der Waals surface area contributed by atoms with Crippen molar-refractivity contribution in [1.29, 1.82) is 0 Å². The van der Waals surface area contributed by atoms with E-state index in [0.717, 1.165) is 39.4 Å². The molecule has 0 bridgehead atoms. The number of aromatic nitrogens is 1. The summed E-state index contributed by atoms with van der Waals surface area (Å²) in [7, 11) is 0. The van der Waals surface area contributed by atoms with Crippen molar-refractivity contribution in [1.82, 2.24) is 14.8 Å². The summed E-state index contributed by atoms with van der Waals surface area (Å²) in [5, 5.41) is 0. The largest absolute Gasteiger partial charge is 0.447 e. The Morgan fingerprint density at radius 2 is 2.05 bits per heavy atom. The van der Waals surface area contributed by atoms with Crippen molar-refractivity contribution >= 4 is 5.91 Å². The van der Waals surface area contributed by atoms with Crippen molar-refractivity contribution in [2.75, 3.05) is 39.4 Å². The Bertz CT molecular complexity index is 522. The van der Waals surface area contributed by atoms with Gasteiger partial charge in [0.25, 0.3) is 5.91 Å². The van der Waals surface area contributed by atoms with Gasteiger partial charge in [0, 0.05) is 38.1 Å². The lowest BCUT2D eigenvalue weighted by atomic mass is 10.0. The van der Waals surface area contributed by atoms with E-state index in [4.69, 9.17) is 9.15 Å². The lowest BCUT2D eigenvalue weighted by Crippen LogP contribution is -2.47. The Morgan fingerprint density at radius 1 is 1.32 bits per heavy atom. The number of likely N-dealkylation sites (tertiary alicyclic amines) is 1. The molecule has 3 heterocycles. The van der Waals surface area contributed by atoms with Crippen LogP contribution in [0.15, 0.2) is 10.8 Å². The molecule has 0 spiro atoms. The van der Waals surface area contributed by atoms with Crippen molar-refractivity contribution in [2.24, 2.45) is 5.92 Å². The van der Waals surface area contributed by atoms with Gasteiger partial charge >= 0.3 is 0 Å². The number of hydrogen-bond acceptors (Lipinski definition) is 5. The highest BCUT2D eigenvalue weighted by atomic mass is 16.5. The third kappa shape index (κ3) is 2.90. The Hall–Kier alpha value is -1.40. The zero-order valence-electron chi connectivity index (χ0n) is 13.6. The van der Waals surface area contributed by atoms with E-state index in [0.29, 0.717) is 23.4 Å². The first kappa shape index (κ1) is 15.5. The number of nitrogens with zero attached hydrogens (tertiary/aromatic N) is 3. The molecule has 0 N–H and O–H groups in total. The van der Waals surface area contributed by atoms with Crippen LogP contribution in [-0.4, -0.2) is 66.1 Å². The molecule has 1 amide bonds. The van der Waals surface area contributed by atoms with Gasteiger partial charge in [-0.25, -0.2) is 4.98 Å². The van der Waals surface area contributed by atoms with Gasteiger partial charge in [-0.15, -0.1) is 0 Å². The molecule has 2 saturated heterocycles. The Balaban J connectivity index is 1.70. The van der Waals surface area contributed by atoms with E-state index in [1.54, 1.807) is 0 Å². The van der Waals surface area contributed by atoms with Crippen LogP contribution in [-0.2, 0) is 4.74 Å². The summed E-state index contributed by atoms with van der Waals surface area (Å²) in [6, 6.07) is 0.419. The first-order chi connectivity index (χ1) is 10.6. The molecule has 1 aromatic rings. The van der Waals surface area contributed by atoms with E-state index < -0.39 is 0 Å². The monoisotopic (exact) mass is 307 g/mol. The minimum absolute atomic E-state index is 0.0000550.